The van der Waals surface area contributed by atoms with Gasteiger partial charge in [-0.15, -0.1) is 0 Å². The Balaban J connectivity index is 2.36. The van der Waals surface area contributed by atoms with Gasteiger partial charge in [-0.25, -0.2) is 0 Å². The molecule has 8 nitrogen and oxygen atoms in total. The SMILES string of the molecule is COCCOCC(=O)Nc1ccc(CC(=O)NCC(=O)O)cc1. The number of hydrogen-bond donors (Lipinski definition) is 3. The number of carbonyl (C=O) groups excluding carboxylic acids is 2. The topological polar surface area (TPSA) is 114 Å². The summed E-state index contributed by atoms with van der Waals surface area (Å²) in [7, 11) is 1.55. The fourth-order valence-corrected chi connectivity index (χ4v) is 1.63. The van der Waals surface area contributed by atoms with Crippen LogP contribution in [0.25, 0.3) is 0 Å². The van der Waals surface area contributed by atoms with Gasteiger partial charge in [0.1, 0.15) is 13.2 Å². The van der Waals surface area contributed by atoms with Crippen LogP contribution in [0.3, 0.4) is 0 Å². The Morgan fingerprint density at radius 2 is 1.78 bits per heavy atom. The largest absolute Gasteiger partial charge is 0.480 e. The van der Waals surface area contributed by atoms with Gasteiger partial charge in [0.2, 0.25) is 11.8 Å². The molecule has 0 saturated carbocycles. The molecule has 0 bridgehead atoms. The first-order chi connectivity index (χ1) is 11.0. The molecule has 2 amide bonds. The van der Waals surface area contributed by atoms with Crippen molar-refractivity contribution in [3.05, 3.63) is 29.8 Å². The van der Waals surface area contributed by atoms with Gasteiger partial charge in [0.15, 0.2) is 0 Å². The van der Waals surface area contributed by atoms with Crippen molar-refractivity contribution in [1.29, 1.82) is 0 Å². The Bertz CT molecular complexity index is 529. The van der Waals surface area contributed by atoms with E-state index in [2.05, 4.69) is 10.6 Å². The Labute approximate surface area is 133 Å². The van der Waals surface area contributed by atoms with Crippen molar-refractivity contribution in [2.45, 2.75) is 6.42 Å². The summed E-state index contributed by atoms with van der Waals surface area (Å²) in [6.07, 6.45) is 0.0711. The average molecular weight is 324 g/mol. The summed E-state index contributed by atoms with van der Waals surface area (Å²) in [4.78, 5) is 33.4. The molecule has 1 rings (SSSR count). The number of carboxylic acid groups (broad SMARTS) is 1. The fraction of sp³-hybridized carbons (Fsp3) is 0.400. The van der Waals surface area contributed by atoms with E-state index in [-0.39, 0.29) is 24.8 Å². The third-order valence-corrected chi connectivity index (χ3v) is 2.70. The van der Waals surface area contributed by atoms with Gasteiger partial charge in [0.25, 0.3) is 0 Å². The number of nitrogens with one attached hydrogen (secondary N) is 2. The normalized spacial score (nSPS) is 10.1. The zero-order chi connectivity index (χ0) is 17.1. The second kappa shape index (κ2) is 10.3. The number of hydrogen-bond acceptors (Lipinski definition) is 5. The highest BCUT2D eigenvalue weighted by Gasteiger charge is 2.06. The van der Waals surface area contributed by atoms with Crippen LogP contribution < -0.4 is 10.6 Å². The summed E-state index contributed by atoms with van der Waals surface area (Å²) in [6, 6.07) is 6.68. The number of anilines is 1. The van der Waals surface area contributed by atoms with Crippen LogP contribution in [0.2, 0.25) is 0 Å². The molecule has 0 aromatic heterocycles. The predicted octanol–water partition coefficient (Wildman–Crippen LogP) is 0.0314. The van der Waals surface area contributed by atoms with E-state index in [1.54, 1.807) is 31.4 Å². The molecule has 0 aliphatic heterocycles. The van der Waals surface area contributed by atoms with Gasteiger partial charge in [0, 0.05) is 12.8 Å². The third-order valence-electron chi connectivity index (χ3n) is 2.70. The smallest absolute Gasteiger partial charge is 0.322 e. The first kappa shape index (κ1) is 18.6. The molecule has 126 valence electrons. The first-order valence-electron chi connectivity index (χ1n) is 6.95. The molecule has 0 unspecified atom stereocenters. The second-order valence-electron chi connectivity index (χ2n) is 4.64. The van der Waals surface area contributed by atoms with Gasteiger partial charge in [-0.3, -0.25) is 14.4 Å². The number of carbonyl (C=O) groups is 3. The summed E-state index contributed by atoms with van der Waals surface area (Å²) >= 11 is 0. The van der Waals surface area contributed by atoms with Crippen molar-refractivity contribution < 1.29 is 29.0 Å². The van der Waals surface area contributed by atoms with E-state index in [0.717, 1.165) is 0 Å². The van der Waals surface area contributed by atoms with E-state index in [9.17, 15) is 14.4 Å². The van der Waals surface area contributed by atoms with Crippen molar-refractivity contribution in [2.75, 3.05) is 38.8 Å². The van der Waals surface area contributed by atoms with Crippen LogP contribution in [0.1, 0.15) is 5.56 Å². The Hall–Kier alpha value is -2.45. The maximum atomic E-state index is 11.6. The van der Waals surface area contributed by atoms with Gasteiger partial charge in [0.05, 0.1) is 19.6 Å². The molecule has 0 heterocycles. The molecule has 0 radical (unpaired) electrons. The Morgan fingerprint density at radius 1 is 1.09 bits per heavy atom. The third kappa shape index (κ3) is 8.54. The summed E-state index contributed by atoms with van der Waals surface area (Å²) in [5, 5.41) is 13.4. The molecule has 3 N–H and O–H groups in total. The molecule has 0 saturated heterocycles. The predicted molar refractivity (Wildman–Crippen MR) is 82.1 cm³/mol. The number of amides is 2. The van der Waals surface area contributed by atoms with Crippen LogP contribution in [0.5, 0.6) is 0 Å². The maximum Gasteiger partial charge on any atom is 0.322 e. The second-order valence-corrected chi connectivity index (χ2v) is 4.64. The fourth-order valence-electron chi connectivity index (χ4n) is 1.63. The lowest BCUT2D eigenvalue weighted by molar-refractivity contribution is -0.137. The van der Waals surface area contributed by atoms with E-state index in [1.165, 1.54) is 0 Å². The van der Waals surface area contributed by atoms with Crippen molar-refractivity contribution >= 4 is 23.5 Å². The number of ether oxygens (including phenoxy) is 2. The van der Waals surface area contributed by atoms with Crippen molar-refractivity contribution in [1.82, 2.24) is 5.32 Å². The van der Waals surface area contributed by atoms with E-state index in [1.807, 2.05) is 0 Å². The molecule has 0 fully saturated rings. The molecule has 8 heteroatoms. The first-order valence-corrected chi connectivity index (χ1v) is 6.95. The van der Waals surface area contributed by atoms with E-state index in [4.69, 9.17) is 14.6 Å². The monoisotopic (exact) mass is 324 g/mol. The van der Waals surface area contributed by atoms with E-state index >= 15 is 0 Å². The highest BCUT2D eigenvalue weighted by atomic mass is 16.5. The van der Waals surface area contributed by atoms with E-state index in [0.29, 0.717) is 24.5 Å². The minimum atomic E-state index is -1.09. The molecular weight excluding hydrogens is 304 g/mol. The molecule has 0 aliphatic carbocycles. The molecule has 1 aromatic carbocycles. The number of carboxylic acids is 1. The molecule has 23 heavy (non-hydrogen) atoms. The number of benzene rings is 1. The highest BCUT2D eigenvalue weighted by Crippen LogP contribution is 2.10. The summed E-state index contributed by atoms with van der Waals surface area (Å²) < 4.78 is 9.89. The van der Waals surface area contributed by atoms with Crippen LogP contribution in [-0.4, -0.2) is 56.4 Å². The van der Waals surface area contributed by atoms with Gasteiger partial charge in [-0.05, 0) is 17.7 Å². The molecular formula is C15H20N2O6. The van der Waals surface area contributed by atoms with E-state index < -0.39 is 12.5 Å². The standard InChI is InChI=1S/C15H20N2O6/c1-22-6-7-23-10-14(19)17-12-4-2-11(3-5-12)8-13(18)16-9-15(20)21/h2-5H,6-10H2,1H3,(H,16,18)(H,17,19)(H,20,21). The quantitative estimate of drug-likeness (QED) is 0.523. The minimum Gasteiger partial charge on any atom is -0.480 e. The van der Waals surface area contributed by atoms with Crippen LogP contribution >= 0.6 is 0 Å². The highest BCUT2D eigenvalue weighted by molar-refractivity contribution is 5.91. The number of rotatable bonds is 10. The molecule has 0 spiro atoms. The van der Waals surface area contributed by atoms with Gasteiger partial charge in [-0.1, -0.05) is 12.1 Å². The molecule has 0 atom stereocenters. The van der Waals surface area contributed by atoms with Crippen molar-refractivity contribution in [3.63, 3.8) is 0 Å². The lowest BCUT2D eigenvalue weighted by Gasteiger charge is -2.07. The van der Waals surface area contributed by atoms with Gasteiger partial charge in [-0.2, -0.15) is 0 Å². The molecule has 1 aromatic rings. The van der Waals surface area contributed by atoms with Gasteiger partial charge < -0.3 is 25.2 Å². The van der Waals surface area contributed by atoms with Crippen molar-refractivity contribution in [2.24, 2.45) is 0 Å². The number of methoxy groups -OCH3 is 1. The van der Waals surface area contributed by atoms with Gasteiger partial charge >= 0.3 is 5.97 Å². The van der Waals surface area contributed by atoms with Crippen molar-refractivity contribution in [3.8, 4) is 0 Å². The Morgan fingerprint density at radius 3 is 2.39 bits per heavy atom. The average Bonchev–Trinajstić information content (AvgIpc) is 2.51. The number of aliphatic carboxylic acids is 1. The van der Waals surface area contributed by atoms with Crippen LogP contribution in [-0.2, 0) is 30.3 Å². The minimum absolute atomic E-state index is 0.0668. The molecule has 0 aliphatic rings. The Kier molecular flexibility index (Phi) is 8.33. The van der Waals surface area contributed by atoms with Crippen LogP contribution in [0.15, 0.2) is 24.3 Å². The summed E-state index contributed by atoms with van der Waals surface area (Å²) in [5.41, 5.74) is 1.29. The zero-order valence-corrected chi connectivity index (χ0v) is 12.8. The zero-order valence-electron chi connectivity index (χ0n) is 12.8. The maximum absolute atomic E-state index is 11.6. The van der Waals surface area contributed by atoms with Crippen LogP contribution in [0.4, 0.5) is 5.69 Å². The van der Waals surface area contributed by atoms with Crippen LogP contribution in [0, 0.1) is 0 Å². The summed E-state index contributed by atoms with van der Waals surface area (Å²) in [6.45, 7) is 0.291. The summed E-state index contributed by atoms with van der Waals surface area (Å²) in [5.74, 6) is -1.76. The lowest BCUT2D eigenvalue weighted by atomic mass is 10.1. The lowest BCUT2D eigenvalue weighted by Crippen LogP contribution is -2.30.